The van der Waals surface area contributed by atoms with Gasteiger partial charge in [0.25, 0.3) is 0 Å². The lowest BCUT2D eigenvalue weighted by Crippen LogP contribution is -2.73. The van der Waals surface area contributed by atoms with E-state index in [2.05, 4.69) is 39.2 Å². The van der Waals surface area contributed by atoms with Crippen LogP contribution in [0.5, 0.6) is 0 Å². The molecule has 0 spiro atoms. The fourth-order valence-corrected chi connectivity index (χ4v) is 5.98. The number of β-lactam (4-membered cyclic amide) rings is 1. The molecule has 1 saturated carbocycles. The molecule has 6 nitrogen and oxygen atoms in total. The highest BCUT2D eigenvalue weighted by molar-refractivity contribution is 6.80. The Morgan fingerprint density at radius 3 is 2.17 bits per heavy atom. The Labute approximate surface area is 145 Å². The van der Waals surface area contributed by atoms with Gasteiger partial charge in [0, 0.05) is 0 Å². The Bertz CT molecular complexity index is 547. The topological polar surface area (TPSA) is 86.7 Å². The van der Waals surface area contributed by atoms with Crippen molar-refractivity contribution >= 4 is 26.0 Å². The lowest BCUT2D eigenvalue weighted by atomic mass is 9.81. The van der Waals surface area contributed by atoms with E-state index in [9.17, 15) is 19.5 Å². The fraction of sp³-hybridized carbons (Fsp3) is 0.824. The van der Waals surface area contributed by atoms with Gasteiger partial charge >= 0.3 is 5.97 Å². The Balaban J connectivity index is 2.17. The second-order valence-corrected chi connectivity index (χ2v) is 13.8. The molecule has 0 aromatic carbocycles. The van der Waals surface area contributed by atoms with Crippen LogP contribution in [-0.2, 0) is 14.4 Å². The molecule has 7 heteroatoms. The van der Waals surface area contributed by atoms with Crippen LogP contribution in [0.15, 0.2) is 0 Å². The first-order valence-electron chi connectivity index (χ1n) is 8.80. The van der Waals surface area contributed by atoms with Crippen molar-refractivity contribution in [1.29, 1.82) is 0 Å². The number of aliphatic carboxylic acids is 1. The van der Waals surface area contributed by atoms with Gasteiger partial charge in [-0.3, -0.25) is 9.59 Å². The minimum atomic E-state index is -2.15. The molecule has 1 aliphatic carbocycles. The lowest BCUT2D eigenvalue weighted by Gasteiger charge is -2.54. The molecule has 0 aromatic rings. The van der Waals surface area contributed by atoms with Gasteiger partial charge in [-0.05, 0) is 17.9 Å². The maximum absolute atomic E-state index is 12.8. The normalized spacial score (nSPS) is 24.3. The quantitative estimate of drug-likeness (QED) is 0.600. The van der Waals surface area contributed by atoms with Gasteiger partial charge in [0.15, 0.2) is 8.24 Å². The number of hydrogen-bond acceptors (Lipinski definition) is 3. The summed E-state index contributed by atoms with van der Waals surface area (Å²) in [6, 6.07) is -0.517. The minimum absolute atomic E-state index is 0.00904. The third-order valence-electron chi connectivity index (χ3n) is 6.17. The third-order valence-corrected chi connectivity index (χ3v) is 11.6. The van der Waals surface area contributed by atoms with Crippen molar-refractivity contribution in [2.75, 3.05) is 0 Å². The lowest BCUT2D eigenvalue weighted by molar-refractivity contribution is -0.153. The average molecular weight is 355 g/mol. The molecule has 2 aliphatic rings. The average Bonchev–Trinajstić information content (AvgIpc) is 2.43. The summed E-state index contributed by atoms with van der Waals surface area (Å²) in [5.41, 5.74) is -1.16. The number of amides is 2. The molecule has 2 fully saturated rings. The van der Waals surface area contributed by atoms with Gasteiger partial charge in [-0.1, -0.05) is 53.1 Å². The van der Waals surface area contributed by atoms with Crippen molar-refractivity contribution < 1.29 is 19.5 Å². The van der Waals surface area contributed by atoms with Crippen LogP contribution in [0.25, 0.3) is 0 Å². The fourth-order valence-electron chi connectivity index (χ4n) is 3.56. The highest BCUT2D eigenvalue weighted by Crippen LogP contribution is 2.43. The number of nitrogens with zero attached hydrogens (tertiary/aromatic N) is 1. The number of nitrogens with one attached hydrogen (secondary N) is 1. The molecule has 1 saturated heterocycles. The Hall–Kier alpha value is -1.37. The summed E-state index contributed by atoms with van der Waals surface area (Å²) in [4.78, 5) is 36.8. The summed E-state index contributed by atoms with van der Waals surface area (Å²) < 4.78 is 1.76. The zero-order valence-electron chi connectivity index (χ0n) is 15.4. The summed E-state index contributed by atoms with van der Waals surface area (Å²) in [6.07, 6.45) is 3.74. The maximum Gasteiger partial charge on any atom is 0.329 e. The van der Waals surface area contributed by atoms with Crippen molar-refractivity contribution in [1.82, 2.24) is 9.88 Å². The summed E-state index contributed by atoms with van der Waals surface area (Å²) in [5.74, 6) is -1.25. The highest BCUT2D eigenvalue weighted by atomic mass is 28.3. The van der Waals surface area contributed by atoms with E-state index in [1.165, 1.54) is 0 Å². The van der Waals surface area contributed by atoms with E-state index in [1.807, 2.05) is 0 Å². The van der Waals surface area contributed by atoms with E-state index in [0.29, 0.717) is 12.8 Å². The smallest absolute Gasteiger partial charge is 0.329 e. The Morgan fingerprint density at radius 2 is 1.75 bits per heavy atom. The Kier molecular flexibility index (Phi) is 4.87. The number of hydrogen-bond donors (Lipinski definition) is 2. The second-order valence-electron chi connectivity index (χ2n) is 8.73. The molecule has 1 aliphatic heterocycles. The van der Waals surface area contributed by atoms with E-state index >= 15 is 0 Å². The number of carboxylic acid groups (broad SMARTS) is 1. The van der Waals surface area contributed by atoms with E-state index in [4.69, 9.17) is 0 Å². The van der Waals surface area contributed by atoms with Crippen LogP contribution in [0.3, 0.4) is 0 Å². The molecular weight excluding hydrogens is 324 g/mol. The molecule has 24 heavy (non-hydrogen) atoms. The molecule has 0 aromatic heterocycles. The number of carbonyl (C=O) groups is 3. The zero-order valence-corrected chi connectivity index (χ0v) is 16.4. The van der Waals surface area contributed by atoms with Crippen molar-refractivity contribution in [3.8, 4) is 0 Å². The van der Waals surface area contributed by atoms with Gasteiger partial charge in [0.1, 0.15) is 11.6 Å². The molecule has 136 valence electrons. The van der Waals surface area contributed by atoms with E-state index < -0.39 is 25.8 Å². The molecule has 2 amide bonds. The minimum Gasteiger partial charge on any atom is -0.480 e. The van der Waals surface area contributed by atoms with Crippen molar-refractivity contribution in [3.63, 3.8) is 0 Å². The summed E-state index contributed by atoms with van der Waals surface area (Å²) in [5, 5.41) is 12.4. The number of carboxylic acids is 1. The largest absolute Gasteiger partial charge is 0.480 e. The monoisotopic (exact) mass is 354 g/mol. The van der Waals surface area contributed by atoms with Crippen LogP contribution in [0, 0.1) is 0 Å². The summed E-state index contributed by atoms with van der Waals surface area (Å²) in [6.45, 7) is 10.5. The molecule has 2 N–H and O–H groups in total. The van der Waals surface area contributed by atoms with Crippen LogP contribution in [0.2, 0.25) is 18.1 Å². The first-order valence-corrected chi connectivity index (χ1v) is 11.7. The maximum atomic E-state index is 12.8. The predicted molar refractivity (Wildman–Crippen MR) is 94.0 cm³/mol. The van der Waals surface area contributed by atoms with Crippen LogP contribution < -0.4 is 5.32 Å². The van der Waals surface area contributed by atoms with Crippen LogP contribution in [-0.4, -0.2) is 47.3 Å². The van der Waals surface area contributed by atoms with Crippen LogP contribution >= 0.6 is 0 Å². The molecule has 0 bridgehead atoms. The Morgan fingerprint density at radius 1 is 1.21 bits per heavy atom. The number of rotatable bonds is 4. The zero-order chi connectivity index (χ0) is 18.3. The SMILES string of the molecule is CC(C)(C)[Si](C)(C)N1C(=O)C[C@H]1C(=O)NC1(C(=O)O)CCCCC1. The van der Waals surface area contributed by atoms with Gasteiger partial charge in [-0.25, -0.2) is 4.79 Å². The van der Waals surface area contributed by atoms with E-state index in [0.717, 1.165) is 19.3 Å². The number of carbonyl (C=O) groups excluding carboxylic acids is 2. The standard InChI is InChI=1S/C17H30N2O4Si/c1-16(2,3)24(4,5)19-12(11-13(19)20)14(21)18-17(15(22)23)9-7-6-8-10-17/h12H,6-11H2,1-5H3,(H,18,21)(H,22,23)/t12-/m0/s1. The van der Waals surface area contributed by atoms with Gasteiger partial charge in [-0.15, -0.1) is 0 Å². The first-order chi connectivity index (χ1) is 10.9. The van der Waals surface area contributed by atoms with Crippen LogP contribution in [0.4, 0.5) is 0 Å². The van der Waals surface area contributed by atoms with Crippen molar-refractivity contribution in [2.24, 2.45) is 0 Å². The van der Waals surface area contributed by atoms with Gasteiger partial charge in [0.2, 0.25) is 11.8 Å². The first kappa shape index (κ1) is 19.0. The summed E-state index contributed by atoms with van der Waals surface area (Å²) in [7, 11) is -2.15. The second kappa shape index (κ2) is 6.17. The van der Waals surface area contributed by atoms with Crippen LogP contribution in [0.1, 0.15) is 59.3 Å². The van der Waals surface area contributed by atoms with E-state index in [-0.39, 0.29) is 23.3 Å². The third kappa shape index (κ3) is 3.10. The van der Waals surface area contributed by atoms with Crippen molar-refractivity contribution in [2.45, 2.75) is 89.0 Å². The molecular formula is C17H30N2O4Si. The molecule has 2 rings (SSSR count). The van der Waals surface area contributed by atoms with Gasteiger partial charge in [0.05, 0.1) is 6.42 Å². The highest BCUT2D eigenvalue weighted by Gasteiger charge is 2.55. The predicted octanol–water partition coefficient (Wildman–Crippen LogP) is 2.50. The van der Waals surface area contributed by atoms with Crippen molar-refractivity contribution in [3.05, 3.63) is 0 Å². The van der Waals surface area contributed by atoms with Gasteiger partial charge < -0.3 is 15.0 Å². The van der Waals surface area contributed by atoms with E-state index in [1.54, 1.807) is 4.57 Å². The molecule has 0 unspecified atom stereocenters. The molecule has 1 atom stereocenters. The van der Waals surface area contributed by atoms with Gasteiger partial charge in [-0.2, -0.15) is 0 Å². The molecule has 1 heterocycles. The molecule has 0 radical (unpaired) electrons. The summed E-state index contributed by atoms with van der Waals surface area (Å²) >= 11 is 0.